The van der Waals surface area contributed by atoms with Crippen molar-refractivity contribution in [2.45, 2.75) is 38.3 Å². The molecule has 1 unspecified atom stereocenters. The minimum Gasteiger partial charge on any atom is -0.480 e. The number of hydrogen-bond acceptors (Lipinski definition) is 3. The predicted octanol–water partition coefficient (Wildman–Crippen LogP) is 2.57. The van der Waals surface area contributed by atoms with Gasteiger partial charge >= 0.3 is 5.97 Å². The molecule has 1 aliphatic carbocycles. The minimum absolute atomic E-state index is 0.0255. The third-order valence-corrected chi connectivity index (χ3v) is 3.64. The van der Waals surface area contributed by atoms with Crippen LogP contribution in [0.4, 0.5) is 0 Å². The summed E-state index contributed by atoms with van der Waals surface area (Å²) in [5.74, 6) is -0.865. The quantitative estimate of drug-likeness (QED) is 0.840. The van der Waals surface area contributed by atoms with E-state index >= 15 is 0 Å². The smallest absolute Gasteiger partial charge is 0.323 e. The van der Waals surface area contributed by atoms with Gasteiger partial charge < -0.3 is 14.7 Å². The molecule has 114 valence electrons. The predicted molar refractivity (Wildman–Crippen MR) is 78.5 cm³/mol. The number of ether oxygens (including phenoxy) is 1. The summed E-state index contributed by atoms with van der Waals surface area (Å²) in [5.41, 5.74) is 0. The van der Waals surface area contributed by atoms with Crippen LogP contribution >= 0.6 is 11.6 Å². The number of carbonyl (C=O) groups is 2. The lowest BCUT2D eigenvalue weighted by molar-refractivity contribution is -0.148. The number of hydrogen-bond donors (Lipinski definition) is 1. The molecule has 0 aliphatic heterocycles. The number of amides is 1. The van der Waals surface area contributed by atoms with Gasteiger partial charge in [-0.05, 0) is 31.4 Å². The second-order valence-corrected chi connectivity index (χ2v) is 5.44. The molecular weight excluding hydrogens is 294 g/mol. The van der Waals surface area contributed by atoms with Crippen LogP contribution < -0.4 is 4.74 Å². The van der Waals surface area contributed by atoms with Crippen LogP contribution in [0.25, 0.3) is 0 Å². The Hall–Kier alpha value is -1.75. The van der Waals surface area contributed by atoms with E-state index < -0.39 is 12.1 Å². The Morgan fingerprint density at radius 1 is 1.43 bits per heavy atom. The molecule has 1 aliphatic rings. The molecule has 2 rings (SSSR count). The van der Waals surface area contributed by atoms with Gasteiger partial charge in [-0.15, -0.1) is 0 Å². The Morgan fingerprint density at radius 2 is 2.10 bits per heavy atom. The summed E-state index contributed by atoms with van der Waals surface area (Å²) in [6, 6.07) is 6.95. The molecule has 1 saturated carbocycles. The average Bonchev–Trinajstić information content (AvgIpc) is 3.27. The van der Waals surface area contributed by atoms with Crippen LogP contribution in [-0.2, 0) is 9.59 Å². The van der Waals surface area contributed by atoms with Crippen molar-refractivity contribution in [2.75, 3.05) is 6.54 Å². The topological polar surface area (TPSA) is 66.8 Å². The van der Waals surface area contributed by atoms with Crippen molar-refractivity contribution in [3.63, 3.8) is 0 Å². The van der Waals surface area contributed by atoms with Crippen molar-refractivity contribution in [1.82, 2.24) is 4.90 Å². The minimum atomic E-state index is -1.01. The lowest BCUT2D eigenvalue weighted by atomic mass is 10.2. The van der Waals surface area contributed by atoms with Crippen molar-refractivity contribution < 1.29 is 19.4 Å². The summed E-state index contributed by atoms with van der Waals surface area (Å²) in [7, 11) is 0. The number of para-hydroxylation sites is 1. The van der Waals surface area contributed by atoms with E-state index in [1.165, 1.54) is 4.90 Å². The van der Waals surface area contributed by atoms with Crippen LogP contribution in [0.2, 0.25) is 5.02 Å². The highest BCUT2D eigenvalue weighted by atomic mass is 35.5. The maximum absolute atomic E-state index is 12.5. The molecule has 1 N–H and O–H groups in total. The highest BCUT2D eigenvalue weighted by Crippen LogP contribution is 2.29. The van der Waals surface area contributed by atoms with E-state index in [9.17, 15) is 9.59 Å². The highest BCUT2D eigenvalue weighted by molar-refractivity contribution is 6.32. The van der Waals surface area contributed by atoms with Crippen LogP contribution in [-0.4, -0.2) is 40.6 Å². The standard InChI is InChI=1S/C15H18ClNO4/c1-2-12(21-13-6-4-3-5-11(13)16)15(20)17(9-14(18)19)10-7-8-10/h3-6,10,12H,2,7-9H2,1H3,(H,18,19). The Kier molecular flexibility index (Phi) is 5.07. The molecular formula is C15H18ClNO4. The molecule has 1 amide bonds. The van der Waals surface area contributed by atoms with Crippen molar-refractivity contribution in [3.8, 4) is 5.75 Å². The van der Waals surface area contributed by atoms with Gasteiger partial charge in [0.2, 0.25) is 0 Å². The Bertz CT molecular complexity index is 530. The van der Waals surface area contributed by atoms with Gasteiger partial charge in [0.05, 0.1) is 5.02 Å². The second kappa shape index (κ2) is 6.80. The van der Waals surface area contributed by atoms with Gasteiger partial charge in [-0.3, -0.25) is 9.59 Å². The van der Waals surface area contributed by atoms with Crippen molar-refractivity contribution in [2.24, 2.45) is 0 Å². The molecule has 0 radical (unpaired) electrons. The fourth-order valence-electron chi connectivity index (χ4n) is 2.11. The van der Waals surface area contributed by atoms with Gasteiger partial charge in [0, 0.05) is 6.04 Å². The number of halogens is 1. The number of nitrogens with zero attached hydrogens (tertiary/aromatic N) is 1. The van der Waals surface area contributed by atoms with E-state index in [2.05, 4.69) is 0 Å². The summed E-state index contributed by atoms with van der Waals surface area (Å²) in [6.45, 7) is 1.54. The van der Waals surface area contributed by atoms with E-state index in [-0.39, 0.29) is 18.5 Å². The second-order valence-electron chi connectivity index (χ2n) is 5.04. The van der Waals surface area contributed by atoms with Crippen LogP contribution in [0, 0.1) is 0 Å². The molecule has 0 heterocycles. The number of aliphatic carboxylic acids is 1. The zero-order chi connectivity index (χ0) is 15.4. The number of carbonyl (C=O) groups excluding carboxylic acids is 1. The first-order chi connectivity index (χ1) is 10.0. The molecule has 1 fully saturated rings. The largest absolute Gasteiger partial charge is 0.480 e. The van der Waals surface area contributed by atoms with E-state index in [0.717, 1.165) is 12.8 Å². The summed E-state index contributed by atoms with van der Waals surface area (Å²) < 4.78 is 5.68. The molecule has 0 spiro atoms. The summed E-state index contributed by atoms with van der Waals surface area (Å²) in [6.07, 6.45) is 1.43. The Labute approximate surface area is 128 Å². The zero-order valence-electron chi connectivity index (χ0n) is 11.8. The first-order valence-electron chi connectivity index (χ1n) is 6.96. The van der Waals surface area contributed by atoms with Gasteiger partial charge in [0.1, 0.15) is 12.3 Å². The number of rotatable bonds is 7. The van der Waals surface area contributed by atoms with Crippen LogP contribution in [0.1, 0.15) is 26.2 Å². The third kappa shape index (κ3) is 4.11. The summed E-state index contributed by atoms with van der Waals surface area (Å²) in [5, 5.41) is 9.37. The SMILES string of the molecule is CCC(Oc1ccccc1Cl)C(=O)N(CC(=O)O)C1CC1. The maximum Gasteiger partial charge on any atom is 0.323 e. The summed E-state index contributed by atoms with van der Waals surface area (Å²) in [4.78, 5) is 24.8. The monoisotopic (exact) mass is 311 g/mol. The van der Waals surface area contributed by atoms with Crippen LogP contribution in [0.15, 0.2) is 24.3 Å². The first kappa shape index (κ1) is 15.6. The van der Waals surface area contributed by atoms with Gasteiger partial charge in [-0.1, -0.05) is 30.7 Å². The molecule has 0 saturated heterocycles. The van der Waals surface area contributed by atoms with Crippen LogP contribution in [0.5, 0.6) is 5.75 Å². The van der Waals surface area contributed by atoms with Crippen LogP contribution in [0.3, 0.4) is 0 Å². The number of carboxylic acids is 1. The lowest BCUT2D eigenvalue weighted by Gasteiger charge is -2.26. The Morgan fingerprint density at radius 3 is 2.62 bits per heavy atom. The molecule has 5 nitrogen and oxygen atoms in total. The molecule has 1 aromatic rings. The molecule has 6 heteroatoms. The number of benzene rings is 1. The van der Waals surface area contributed by atoms with E-state index in [1.54, 1.807) is 24.3 Å². The molecule has 1 atom stereocenters. The summed E-state index contributed by atoms with van der Waals surface area (Å²) >= 11 is 6.02. The highest BCUT2D eigenvalue weighted by Gasteiger charge is 2.37. The van der Waals surface area contributed by atoms with Gasteiger partial charge in [0.25, 0.3) is 5.91 Å². The van der Waals surface area contributed by atoms with Gasteiger partial charge in [-0.2, -0.15) is 0 Å². The van der Waals surface area contributed by atoms with E-state index in [0.29, 0.717) is 17.2 Å². The fourth-order valence-corrected chi connectivity index (χ4v) is 2.29. The van der Waals surface area contributed by atoms with E-state index in [1.807, 2.05) is 6.92 Å². The average molecular weight is 312 g/mol. The first-order valence-corrected chi connectivity index (χ1v) is 7.34. The van der Waals surface area contributed by atoms with Crippen molar-refractivity contribution in [1.29, 1.82) is 0 Å². The van der Waals surface area contributed by atoms with E-state index in [4.69, 9.17) is 21.4 Å². The normalized spacial score (nSPS) is 15.3. The zero-order valence-corrected chi connectivity index (χ0v) is 12.5. The maximum atomic E-state index is 12.5. The number of carboxylic acid groups (broad SMARTS) is 1. The van der Waals surface area contributed by atoms with Crippen molar-refractivity contribution in [3.05, 3.63) is 29.3 Å². The molecule has 0 aromatic heterocycles. The third-order valence-electron chi connectivity index (χ3n) is 3.33. The van der Waals surface area contributed by atoms with Gasteiger partial charge in [0.15, 0.2) is 6.10 Å². The van der Waals surface area contributed by atoms with Crippen molar-refractivity contribution >= 4 is 23.5 Å². The molecule has 1 aromatic carbocycles. The lowest BCUT2D eigenvalue weighted by Crippen LogP contribution is -2.45. The molecule has 21 heavy (non-hydrogen) atoms. The van der Waals surface area contributed by atoms with Gasteiger partial charge in [-0.25, -0.2) is 0 Å². The fraction of sp³-hybridized carbons (Fsp3) is 0.467. The molecule has 0 bridgehead atoms. The Balaban J connectivity index is 2.10.